The number of carboxylic acid groups (broad SMARTS) is 1. The van der Waals surface area contributed by atoms with Crippen molar-refractivity contribution >= 4 is 21.8 Å². The van der Waals surface area contributed by atoms with E-state index >= 15 is 0 Å². The quantitative estimate of drug-likeness (QED) is 0.687. The van der Waals surface area contributed by atoms with Gasteiger partial charge in [-0.3, -0.25) is 4.79 Å². The number of halogens is 2. The molecule has 12 heteroatoms. The van der Waals surface area contributed by atoms with Gasteiger partial charge in [0.25, 0.3) is 5.92 Å². The lowest BCUT2D eigenvalue weighted by molar-refractivity contribution is -0.135. The Hall–Kier alpha value is -2.81. The maximum absolute atomic E-state index is 13.2. The van der Waals surface area contributed by atoms with Crippen LogP contribution in [0.4, 0.5) is 13.6 Å². The van der Waals surface area contributed by atoms with Crippen LogP contribution in [0.25, 0.3) is 0 Å². The number of rotatable bonds is 4. The number of aromatic nitrogens is 1. The smallest absolute Gasteiger partial charge is 0.405 e. The molecule has 2 aliphatic carbocycles. The highest BCUT2D eigenvalue weighted by Crippen LogP contribution is 2.36. The monoisotopic (exact) mass is 470 g/mol. The van der Waals surface area contributed by atoms with Gasteiger partial charge in [-0.2, -0.15) is 5.26 Å². The van der Waals surface area contributed by atoms with E-state index in [1.165, 1.54) is 17.2 Å². The van der Waals surface area contributed by atoms with Crippen molar-refractivity contribution in [1.82, 2.24) is 15.2 Å². The maximum atomic E-state index is 13.2. The molecule has 1 aliphatic heterocycles. The molecular weight excluding hydrogens is 446 g/mol. The molecule has 2 saturated carbocycles. The first-order chi connectivity index (χ1) is 15.0. The standard InChI is InChI=1S/C15H18F2N2O3S.C5H6N2O2/c16-15(17)6-8-19(10-15)14(20)11-4-5-12(9-11)23(21,22)13-3-1-2-7-18-13;6-3-5(1-2-5)7-4(8)9/h1-3,7,11-12H,4-6,8-10H2;7H,1-2H2,(H,8,9)/t11-,12+;/m1./s1. The van der Waals surface area contributed by atoms with Crippen molar-refractivity contribution in [2.24, 2.45) is 5.92 Å². The average Bonchev–Trinajstić information content (AvgIpc) is 3.16. The van der Waals surface area contributed by atoms with Crippen LogP contribution in [-0.4, -0.2) is 65.2 Å². The molecule has 0 aromatic carbocycles. The fraction of sp³-hybridized carbons (Fsp3) is 0.600. The highest BCUT2D eigenvalue weighted by molar-refractivity contribution is 7.92. The summed E-state index contributed by atoms with van der Waals surface area (Å²) in [6.07, 6.45) is 2.23. The van der Waals surface area contributed by atoms with Crippen molar-refractivity contribution in [2.75, 3.05) is 13.1 Å². The molecule has 32 heavy (non-hydrogen) atoms. The molecule has 0 unspecified atom stereocenters. The predicted molar refractivity (Wildman–Crippen MR) is 107 cm³/mol. The SMILES string of the molecule is N#CC1(NC(=O)O)CC1.O=C([C@@H]1CC[C@H](S(=O)(=O)c2ccccn2)C1)N1CCC(F)(F)C1. The molecule has 3 fully saturated rings. The van der Waals surface area contributed by atoms with Gasteiger partial charge in [-0.25, -0.2) is 27.0 Å². The topological polar surface area (TPSA) is 140 Å². The summed E-state index contributed by atoms with van der Waals surface area (Å²) in [6, 6.07) is 6.56. The minimum absolute atomic E-state index is 0.00537. The molecule has 0 radical (unpaired) electrons. The molecule has 1 aromatic heterocycles. The van der Waals surface area contributed by atoms with Gasteiger partial charge in [0.15, 0.2) is 14.9 Å². The summed E-state index contributed by atoms with van der Waals surface area (Å²) in [6.45, 7) is -0.514. The summed E-state index contributed by atoms with van der Waals surface area (Å²) >= 11 is 0. The number of carbonyl (C=O) groups excluding carboxylic acids is 1. The Morgan fingerprint density at radius 1 is 1.25 bits per heavy atom. The number of carbonyl (C=O) groups is 2. The zero-order chi connectivity index (χ0) is 23.6. The first-order valence-electron chi connectivity index (χ1n) is 10.2. The van der Waals surface area contributed by atoms with E-state index in [0.717, 1.165) is 0 Å². The molecule has 2 N–H and O–H groups in total. The number of nitrogens with one attached hydrogen (secondary N) is 1. The van der Waals surface area contributed by atoms with Gasteiger partial charge in [0, 0.05) is 25.1 Å². The number of pyridine rings is 1. The number of amides is 2. The molecule has 9 nitrogen and oxygen atoms in total. The molecule has 2 atom stereocenters. The van der Waals surface area contributed by atoms with Crippen molar-refractivity contribution in [2.45, 2.75) is 60.3 Å². The predicted octanol–water partition coefficient (Wildman–Crippen LogP) is 2.20. The second kappa shape index (κ2) is 8.97. The van der Waals surface area contributed by atoms with Gasteiger partial charge in [0.1, 0.15) is 5.54 Å². The van der Waals surface area contributed by atoms with Crippen molar-refractivity contribution in [3.8, 4) is 6.07 Å². The van der Waals surface area contributed by atoms with Crippen LogP contribution in [-0.2, 0) is 14.6 Å². The van der Waals surface area contributed by atoms with Crippen LogP contribution in [0.3, 0.4) is 0 Å². The van der Waals surface area contributed by atoms with E-state index < -0.39 is 45.1 Å². The van der Waals surface area contributed by atoms with Crippen LogP contribution in [0.1, 0.15) is 38.5 Å². The van der Waals surface area contributed by atoms with E-state index in [1.807, 2.05) is 6.07 Å². The third kappa shape index (κ3) is 5.51. The summed E-state index contributed by atoms with van der Waals surface area (Å²) in [5.41, 5.74) is -0.730. The van der Waals surface area contributed by atoms with Gasteiger partial charge in [0.2, 0.25) is 5.91 Å². The zero-order valence-corrected chi connectivity index (χ0v) is 18.0. The molecule has 2 amide bonds. The van der Waals surface area contributed by atoms with Crippen LogP contribution in [0.15, 0.2) is 29.4 Å². The third-order valence-electron chi connectivity index (χ3n) is 5.89. The van der Waals surface area contributed by atoms with Gasteiger partial charge < -0.3 is 15.3 Å². The maximum Gasteiger partial charge on any atom is 0.405 e. The summed E-state index contributed by atoms with van der Waals surface area (Å²) in [5.74, 6) is -3.67. The van der Waals surface area contributed by atoms with Crippen molar-refractivity contribution in [1.29, 1.82) is 5.26 Å². The van der Waals surface area contributed by atoms with E-state index in [-0.39, 0.29) is 30.3 Å². The van der Waals surface area contributed by atoms with E-state index in [2.05, 4.69) is 10.3 Å². The number of hydrogen-bond acceptors (Lipinski definition) is 6. The fourth-order valence-corrected chi connectivity index (χ4v) is 5.66. The Balaban J connectivity index is 0.000000269. The van der Waals surface area contributed by atoms with E-state index in [4.69, 9.17) is 10.4 Å². The minimum atomic E-state index is -3.58. The molecule has 0 bridgehead atoms. The van der Waals surface area contributed by atoms with Crippen LogP contribution >= 0.6 is 0 Å². The largest absolute Gasteiger partial charge is 0.465 e. The summed E-state index contributed by atoms with van der Waals surface area (Å²) < 4.78 is 51.5. The Labute approximate surface area is 184 Å². The Bertz CT molecular complexity index is 1010. The first-order valence-corrected chi connectivity index (χ1v) is 11.8. The third-order valence-corrected chi connectivity index (χ3v) is 8.02. The van der Waals surface area contributed by atoms with Crippen LogP contribution in [0.5, 0.6) is 0 Å². The lowest BCUT2D eigenvalue weighted by Gasteiger charge is -2.20. The summed E-state index contributed by atoms with van der Waals surface area (Å²) in [5, 5.41) is 18.0. The second-order valence-electron chi connectivity index (χ2n) is 8.33. The average molecular weight is 470 g/mol. The lowest BCUT2D eigenvalue weighted by atomic mass is 10.1. The summed E-state index contributed by atoms with van der Waals surface area (Å²) in [4.78, 5) is 27.3. The van der Waals surface area contributed by atoms with E-state index in [9.17, 15) is 26.8 Å². The summed E-state index contributed by atoms with van der Waals surface area (Å²) in [7, 11) is -3.58. The van der Waals surface area contributed by atoms with E-state index in [0.29, 0.717) is 25.7 Å². The molecule has 1 aromatic rings. The second-order valence-corrected chi connectivity index (χ2v) is 10.5. The lowest BCUT2D eigenvalue weighted by Crippen LogP contribution is -2.35. The van der Waals surface area contributed by atoms with Crippen molar-refractivity contribution < 1.29 is 31.9 Å². The van der Waals surface area contributed by atoms with Crippen LogP contribution in [0.2, 0.25) is 0 Å². The van der Waals surface area contributed by atoms with Gasteiger partial charge in [-0.15, -0.1) is 0 Å². The molecule has 2 heterocycles. The molecule has 0 spiro atoms. The molecule has 3 aliphatic rings. The zero-order valence-electron chi connectivity index (χ0n) is 17.2. The van der Waals surface area contributed by atoms with Crippen LogP contribution < -0.4 is 5.32 Å². The number of nitriles is 1. The molecule has 1 saturated heterocycles. The highest BCUT2D eigenvalue weighted by Gasteiger charge is 2.45. The van der Waals surface area contributed by atoms with Gasteiger partial charge >= 0.3 is 6.09 Å². The number of sulfone groups is 1. The van der Waals surface area contributed by atoms with E-state index in [1.54, 1.807) is 12.1 Å². The number of nitrogens with zero attached hydrogens (tertiary/aromatic N) is 3. The van der Waals surface area contributed by atoms with Gasteiger partial charge in [-0.05, 0) is 44.2 Å². The first kappa shape index (κ1) is 23.8. The van der Waals surface area contributed by atoms with Crippen molar-refractivity contribution in [3.63, 3.8) is 0 Å². The highest BCUT2D eigenvalue weighted by atomic mass is 32.2. The fourth-order valence-electron chi connectivity index (χ4n) is 3.91. The Morgan fingerprint density at radius 2 is 1.97 bits per heavy atom. The van der Waals surface area contributed by atoms with Crippen molar-refractivity contribution in [3.05, 3.63) is 24.4 Å². The molecular formula is C20H24F2N4O5S. The van der Waals surface area contributed by atoms with Gasteiger partial charge in [-0.1, -0.05) is 6.07 Å². The van der Waals surface area contributed by atoms with Gasteiger partial charge in [0.05, 0.1) is 17.9 Å². The number of hydrogen-bond donors (Lipinski definition) is 2. The Morgan fingerprint density at radius 3 is 2.44 bits per heavy atom. The number of alkyl halides is 2. The number of likely N-dealkylation sites (tertiary alicyclic amines) is 1. The Kier molecular flexibility index (Phi) is 6.69. The normalized spacial score (nSPS) is 25.2. The molecule has 174 valence electrons. The molecule has 4 rings (SSSR count). The van der Waals surface area contributed by atoms with Crippen LogP contribution in [0, 0.1) is 17.2 Å². The minimum Gasteiger partial charge on any atom is -0.465 e.